The molecule has 0 aliphatic rings. The molecule has 0 saturated heterocycles. The van der Waals surface area contributed by atoms with Gasteiger partial charge in [0.05, 0.1) is 17.5 Å². The van der Waals surface area contributed by atoms with Gasteiger partial charge in [-0.2, -0.15) is 4.68 Å². The number of carbonyl (C=O) groups excluding carboxylic acids is 1. The standard InChI is InChI=1S/C19H20ClN5OS/c1-12-4-9-17(13(2)10-12)25-19(22-23-24-25)27-11-18(26)21-14(3)15-5-7-16(20)8-6-15/h4-10,14H,11H2,1-3H3,(H,21,26). The number of benzene rings is 2. The molecule has 8 heteroatoms. The van der Waals surface area contributed by atoms with Crippen LogP contribution < -0.4 is 5.32 Å². The molecule has 0 saturated carbocycles. The monoisotopic (exact) mass is 401 g/mol. The Balaban J connectivity index is 1.63. The van der Waals surface area contributed by atoms with Gasteiger partial charge in [0.25, 0.3) is 0 Å². The summed E-state index contributed by atoms with van der Waals surface area (Å²) in [5, 5.41) is 16.1. The van der Waals surface area contributed by atoms with Crippen LogP contribution in [0.15, 0.2) is 47.6 Å². The van der Waals surface area contributed by atoms with E-state index in [-0.39, 0.29) is 17.7 Å². The molecule has 0 fully saturated rings. The SMILES string of the molecule is Cc1ccc(-n2nnnc2SCC(=O)NC(C)c2ccc(Cl)cc2)c(C)c1. The number of halogens is 1. The second kappa shape index (κ2) is 8.54. The van der Waals surface area contributed by atoms with E-state index in [9.17, 15) is 4.79 Å². The largest absolute Gasteiger partial charge is 0.349 e. The van der Waals surface area contributed by atoms with E-state index in [1.54, 1.807) is 4.68 Å². The number of nitrogens with zero attached hydrogens (tertiary/aromatic N) is 4. The molecule has 1 N–H and O–H groups in total. The van der Waals surface area contributed by atoms with E-state index < -0.39 is 0 Å². The minimum absolute atomic E-state index is 0.0855. The molecule has 1 aromatic heterocycles. The van der Waals surface area contributed by atoms with E-state index in [2.05, 4.69) is 26.9 Å². The average Bonchev–Trinajstić information content (AvgIpc) is 3.09. The van der Waals surface area contributed by atoms with Crippen LogP contribution >= 0.6 is 23.4 Å². The lowest BCUT2D eigenvalue weighted by Crippen LogP contribution is -2.28. The Morgan fingerprint density at radius 2 is 1.96 bits per heavy atom. The number of nitrogens with one attached hydrogen (secondary N) is 1. The van der Waals surface area contributed by atoms with Gasteiger partial charge in [0.2, 0.25) is 11.1 Å². The fourth-order valence-corrected chi connectivity index (χ4v) is 3.53. The summed E-state index contributed by atoms with van der Waals surface area (Å²) in [5.74, 6) is 0.140. The van der Waals surface area contributed by atoms with Gasteiger partial charge in [-0.1, -0.05) is 53.2 Å². The third-order valence-corrected chi connectivity index (χ3v) is 5.27. The van der Waals surface area contributed by atoms with Crippen LogP contribution in [0.5, 0.6) is 0 Å². The quantitative estimate of drug-likeness (QED) is 0.634. The van der Waals surface area contributed by atoms with Gasteiger partial charge in [0.1, 0.15) is 0 Å². The zero-order chi connectivity index (χ0) is 19.4. The first-order valence-corrected chi connectivity index (χ1v) is 9.84. The third kappa shape index (κ3) is 4.87. The van der Waals surface area contributed by atoms with Gasteiger partial charge in [-0.3, -0.25) is 4.79 Å². The second-order valence-corrected chi connectivity index (χ2v) is 7.67. The number of rotatable bonds is 6. The summed E-state index contributed by atoms with van der Waals surface area (Å²) in [7, 11) is 0. The molecule has 1 atom stereocenters. The van der Waals surface area contributed by atoms with Crippen LogP contribution in [-0.2, 0) is 4.79 Å². The molecule has 6 nitrogen and oxygen atoms in total. The smallest absolute Gasteiger partial charge is 0.230 e. The molecule has 140 valence electrons. The van der Waals surface area contributed by atoms with E-state index in [1.165, 1.54) is 17.3 Å². The number of tetrazole rings is 1. The van der Waals surface area contributed by atoms with Gasteiger partial charge in [-0.15, -0.1) is 5.10 Å². The fraction of sp³-hybridized carbons (Fsp3) is 0.263. The van der Waals surface area contributed by atoms with Crippen molar-refractivity contribution in [2.24, 2.45) is 0 Å². The molecule has 2 aromatic carbocycles. The summed E-state index contributed by atoms with van der Waals surface area (Å²) in [6.07, 6.45) is 0. The Morgan fingerprint density at radius 3 is 2.67 bits per heavy atom. The molecule has 0 radical (unpaired) electrons. The van der Waals surface area contributed by atoms with Crippen molar-refractivity contribution in [3.63, 3.8) is 0 Å². The van der Waals surface area contributed by atoms with Crippen LogP contribution in [0, 0.1) is 13.8 Å². The van der Waals surface area contributed by atoms with E-state index in [0.717, 1.165) is 16.8 Å². The first kappa shape index (κ1) is 19.4. The van der Waals surface area contributed by atoms with E-state index in [4.69, 9.17) is 11.6 Å². The number of hydrogen-bond donors (Lipinski definition) is 1. The highest BCUT2D eigenvalue weighted by Crippen LogP contribution is 2.22. The second-order valence-electron chi connectivity index (χ2n) is 6.29. The van der Waals surface area contributed by atoms with Gasteiger partial charge in [0.15, 0.2) is 0 Å². The highest BCUT2D eigenvalue weighted by Gasteiger charge is 2.15. The lowest BCUT2D eigenvalue weighted by molar-refractivity contribution is -0.119. The minimum atomic E-state index is -0.106. The fourth-order valence-electron chi connectivity index (χ4n) is 2.71. The van der Waals surface area contributed by atoms with Crippen molar-refractivity contribution in [1.29, 1.82) is 0 Å². The number of aromatic nitrogens is 4. The molecule has 0 spiro atoms. The van der Waals surface area contributed by atoms with Crippen LogP contribution in [0.4, 0.5) is 0 Å². The molecular weight excluding hydrogens is 382 g/mol. The Morgan fingerprint density at radius 1 is 1.22 bits per heavy atom. The summed E-state index contributed by atoms with van der Waals surface area (Å²) in [4.78, 5) is 12.3. The predicted molar refractivity (Wildman–Crippen MR) is 107 cm³/mol. The Bertz CT molecular complexity index is 942. The summed E-state index contributed by atoms with van der Waals surface area (Å²) in [5.41, 5.74) is 4.15. The van der Waals surface area contributed by atoms with E-state index in [0.29, 0.717) is 10.2 Å². The first-order chi connectivity index (χ1) is 12.9. The summed E-state index contributed by atoms with van der Waals surface area (Å²) in [6.45, 7) is 5.99. The van der Waals surface area contributed by atoms with Gasteiger partial charge >= 0.3 is 0 Å². The van der Waals surface area contributed by atoms with Gasteiger partial charge < -0.3 is 5.32 Å². The highest BCUT2D eigenvalue weighted by atomic mass is 35.5. The topological polar surface area (TPSA) is 72.7 Å². The van der Waals surface area contributed by atoms with Crippen molar-refractivity contribution in [3.05, 3.63) is 64.2 Å². The lowest BCUT2D eigenvalue weighted by Gasteiger charge is -2.14. The molecule has 1 heterocycles. The number of hydrogen-bond acceptors (Lipinski definition) is 5. The normalized spacial score (nSPS) is 12.0. The molecule has 0 aliphatic heterocycles. The molecule has 1 unspecified atom stereocenters. The number of amides is 1. The number of carbonyl (C=O) groups is 1. The van der Waals surface area contributed by atoms with Crippen LogP contribution in [0.2, 0.25) is 5.02 Å². The van der Waals surface area contributed by atoms with Crippen LogP contribution in [0.3, 0.4) is 0 Å². The maximum atomic E-state index is 12.3. The van der Waals surface area contributed by atoms with E-state index in [1.807, 2.05) is 57.2 Å². The highest BCUT2D eigenvalue weighted by molar-refractivity contribution is 7.99. The molecule has 0 aliphatic carbocycles. The van der Waals surface area contributed by atoms with Crippen molar-refractivity contribution in [1.82, 2.24) is 25.5 Å². The Kier molecular flexibility index (Phi) is 6.13. The number of aryl methyl sites for hydroxylation is 2. The Hall–Kier alpha value is -2.38. The van der Waals surface area contributed by atoms with Crippen LogP contribution in [-0.4, -0.2) is 31.9 Å². The molecule has 3 rings (SSSR count). The molecular formula is C19H20ClN5OS. The van der Waals surface area contributed by atoms with Crippen molar-refractivity contribution in [2.75, 3.05) is 5.75 Å². The van der Waals surface area contributed by atoms with Gasteiger partial charge in [0, 0.05) is 5.02 Å². The molecule has 27 heavy (non-hydrogen) atoms. The number of thioether (sulfide) groups is 1. The van der Waals surface area contributed by atoms with Crippen LogP contribution in [0.25, 0.3) is 5.69 Å². The van der Waals surface area contributed by atoms with Crippen molar-refractivity contribution in [3.8, 4) is 5.69 Å². The lowest BCUT2D eigenvalue weighted by atomic mass is 10.1. The summed E-state index contributed by atoms with van der Waals surface area (Å²) < 4.78 is 1.66. The maximum Gasteiger partial charge on any atom is 0.230 e. The molecule has 1 amide bonds. The van der Waals surface area contributed by atoms with E-state index >= 15 is 0 Å². The van der Waals surface area contributed by atoms with Crippen LogP contribution in [0.1, 0.15) is 29.7 Å². The average molecular weight is 402 g/mol. The van der Waals surface area contributed by atoms with Crippen molar-refractivity contribution < 1.29 is 4.79 Å². The maximum absolute atomic E-state index is 12.3. The Labute approximate surface area is 167 Å². The van der Waals surface area contributed by atoms with Crippen molar-refractivity contribution in [2.45, 2.75) is 32.0 Å². The first-order valence-electron chi connectivity index (χ1n) is 8.47. The molecule has 0 bridgehead atoms. The zero-order valence-electron chi connectivity index (χ0n) is 15.3. The predicted octanol–water partition coefficient (Wildman–Crippen LogP) is 3.90. The van der Waals surface area contributed by atoms with Gasteiger partial charge in [-0.25, -0.2) is 0 Å². The summed E-state index contributed by atoms with van der Waals surface area (Å²) in [6, 6.07) is 13.4. The minimum Gasteiger partial charge on any atom is -0.349 e. The van der Waals surface area contributed by atoms with Gasteiger partial charge in [-0.05, 0) is 60.5 Å². The molecule has 3 aromatic rings. The zero-order valence-corrected chi connectivity index (χ0v) is 16.9. The van der Waals surface area contributed by atoms with Crippen molar-refractivity contribution >= 4 is 29.3 Å². The summed E-state index contributed by atoms with van der Waals surface area (Å²) >= 11 is 7.21. The third-order valence-electron chi connectivity index (χ3n) is 4.10.